The first kappa shape index (κ1) is 13.9. The number of nitrogens with zero attached hydrogens (tertiary/aromatic N) is 1. The van der Waals surface area contributed by atoms with E-state index in [1.54, 1.807) is 0 Å². The summed E-state index contributed by atoms with van der Waals surface area (Å²) in [5.74, 6) is -2.66. The van der Waals surface area contributed by atoms with Crippen LogP contribution in [-0.4, -0.2) is 28.5 Å². The molecule has 2 N–H and O–H groups in total. The van der Waals surface area contributed by atoms with Crippen molar-refractivity contribution in [1.82, 2.24) is 5.32 Å². The van der Waals surface area contributed by atoms with Gasteiger partial charge in [-0.1, -0.05) is 0 Å². The Morgan fingerprint density at radius 3 is 2.60 bits per heavy atom. The van der Waals surface area contributed by atoms with Crippen molar-refractivity contribution in [3.8, 4) is 0 Å². The number of hydrogen-bond acceptors (Lipinski definition) is 4. The largest absolute Gasteiger partial charge is 0.481 e. The number of nitro benzene ring substituents is 1. The maximum Gasteiger partial charge on any atom is 0.311 e. The summed E-state index contributed by atoms with van der Waals surface area (Å²) in [5.41, 5.74) is -1.93. The summed E-state index contributed by atoms with van der Waals surface area (Å²) < 4.78 is 13.1. The summed E-state index contributed by atoms with van der Waals surface area (Å²) in [7, 11) is 0. The molecule has 1 aromatic carbocycles. The van der Waals surface area contributed by atoms with Gasteiger partial charge in [-0.15, -0.1) is 0 Å². The third kappa shape index (κ3) is 2.58. The zero-order chi connectivity index (χ0) is 14.9. The van der Waals surface area contributed by atoms with Crippen LogP contribution < -0.4 is 5.32 Å². The predicted molar refractivity (Wildman–Crippen MR) is 64.7 cm³/mol. The molecule has 20 heavy (non-hydrogen) atoms. The molecule has 0 spiro atoms. The predicted octanol–water partition coefficient (Wildman–Crippen LogP) is 1.33. The first-order chi connectivity index (χ1) is 9.35. The maximum atomic E-state index is 13.1. The number of carbonyl (C=O) groups excluding carboxylic acids is 1. The molecule has 0 atom stereocenters. The molecule has 106 valence electrons. The van der Waals surface area contributed by atoms with Crippen molar-refractivity contribution in [3.05, 3.63) is 39.7 Å². The van der Waals surface area contributed by atoms with Crippen LogP contribution in [0.25, 0.3) is 0 Å². The lowest BCUT2D eigenvalue weighted by Gasteiger charge is -2.11. The van der Waals surface area contributed by atoms with E-state index in [1.807, 2.05) is 0 Å². The van der Waals surface area contributed by atoms with Gasteiger partial charge in [0.15, 0.2) is 0 Å². The molecule has 1 amide bonds. The van der Waals surface area contributed by atoms with Gasteiger partial charge in [-0.05, 0) is 25.0 Å². The minimum Gasteiger partial charge on any atom is -0.481 e. The monoisotopic (exact) mass is 282 g/mol. The zero-order valence-electron chi connectivity index (χ0n) is 10.3. The molecule has 0 aliphatic heterocycles. The average molecular weight is 282 g/mol. The Labute approximate surface area is 112 Å². The molecule has 1 aliphatic carbocycles. The molecule has 0 radical (unpaired) electrons. The van der Waals surface area contributed by atoms with Crippen molar-refractivity contribution in [1.29, 1.82) is 0 Å². The van der Waals surface area contributed by atoms with E-state index in [0.29, 0.717) is 12.8 Å². The number of hydrogen-bond donors (Lipinski definition) is 2. The molecule has 1 fully saturated rings. The first-order valence-electron chi connectivity index (χ1n) is 5.81. The second-order valence-electron chi connectivity index (χ2n) is 4.69. The van der Waals surface area contributed by atoms with Gasteiger partial charge in [-0.2, -0.15) is 0 Å². The van der Waals surface area contributed by atoms with Gasteiger partial charge in [0.2, 0.25) is 0 Å². The molecule has 0 saturated heterocycles. The number of carbonyl (C=O) groups is 2. The minimum absolute atomic E-state index is 0.130. The lowest BCUT2D eigenvalue weighted by molar-refractivity contribution is -0.385. The van der Waals surface area contributed by atoms with Crippen LogP contribution in [0.1, 0.15) is 23.2 Å². The third-order valence-corrected chi connectivity index (χ3v) is 3.29. The van der Waals surface area contributed by atoms with E-state index in [-0.39, 0.29) is 6.54 Å². The Bertz CT molecular complexity index is 598. The molecule has 0 aromatic heterocycles. The number of nitro groups is 1. The highest BCUT2D eigenvalue weighted by molar-refractivity contribution is 5.98. The second kappa shape index (κ2) is 4.87. The van der Waals surface area contributed by atoms with Crippen molar-refractivity contribution in [3.63, 3.8) is 0 Å². The Morgan fingerprint density at radius 1 is 1.45 bits per heavy atom. The number of benzene rings is 1. The Kier molecular flexibility index (Phi) is 3.39. The van der Waals surface area contributed by atoms with Gasteiger partial charge in [0.05, 0.1) is 10.3 Å². The van der Waals surface area contributed by atoms with Crippen LogP contribution in [-0.2, 0) is 4.79 Å². The van der Waals surface area contributed by atoms with Crippen LogP contribution in [0.3, 0.4) is 0 Å². The molecule has 0 heterocycles. The molecule has 1 aliphatic rings. The smallest absolute Gasteiger partial charge is 0.311 e. The number of halogens is 1. The summed E-state index contributed by atoms with van der Waals surface area (Å²) in [4.78, 5) is 32.8. The highest BCUT2D eigenvalue weighted by atomic mass is 19.1. The summed E-state index contributed by atoms with van der Waals surface area (Å²) >= 11 is 0. The van der Waals surface area contributed by atoms with E-state index >= 15 is 0 Å². The van der Waals surface area contributed by atoms with Gasteiger partial charge in [0.1, 0.15) is 11.4 Å². The molecule has 0 unspecified atom stereocenters. The van der Waals surface area contributed by atoms with E-state index in [2.05, 4.69) is 5.32 Å². The van der Waals surface area contributed by atoms with E-state index in [1.165, 1.54) is 0 Å². The van der Waals surface area contributed by atoms with Crippen molar-refractivity contribution < 1.29 is 24.0 Å². The van der Waals surface area contributed by atoms with Gasteiger partial charge in [0.25, 0.3) is 11.6 Å². The van der Waals surface area contributed by atoms with Gasteiger partial charge in [-0.3, -0.25) is 19.7 Å². The quantitative estimate of drug-likeness (QED) is 0.625. The lowest BCUT2D eigenvalue weighted by Crippen LogP contribution is -2.34. The van der Waals surface area contributed by atoms with Crippen molar-refractivity contribution >= 4 is 17.6 Å². The van der Waals surface area contributed by atoms with Crippen LogP contribution >= 0.6 is 0 Å². The Morgan fingerprint density at radius 2 is 2.10 bits per heavy atom. The lowest BCUT2D eigenvalue weighted by atomic mass is 10.1. The van der Waals surface area contributed by atoms with Crippen LogP contribution in [0.4, 0.5) is 10.1 Å². The fourth-order valence-electron chi connectivity index (χ4n) is 1.81. The number of carboxylic acid groups (broad SMARTS) is 1. The standard InChI is InChI=1S/C12H11FN2O5/c13-7-1-2-9(15(19)20)8(5-7)10(16)14-6-12(3-4-12)11(17)18/h1-2,5H,3-4,6H2,(H,14,16)(H,17,18). The van der Waals surface area contributed by atoms with Gasteiger partial charge >= 0.3 is 5.97 Å². The highest BCUT2D eigenvalue weighted by Gasteiger charge is 2.50. The highest BCUT2D eigenvalue weighted by Crippen LogP contribution is 2.45. The molecule has 1 saturated carbocycles. The van der Waals surface area contributed by atoms with E-state index < -0.39 is 39.3 Å². The van der Waals surface area contributed by atoms with Crippen molar-refractivity contribution in [2.24, 2.45) is 5.41 Å². The zero-order valence-corrected chi connectivity index (χ0v) is 10.3. The number of rotatable bonds is 5. The van der Waals surface area contributed by atoms with Gasteiger partial charge in [-0.25, -0.2) is 4.39 Å². The molecule has 1 aromatic rings. The van der Waals surface area contributed by atoms with E-state index in [4.69, 9.17) is 5.11 Å². The van der Waals surface area contributed by atoms with Crippen LogP contribution in [0.2, 0.25) is 0 Å². The number of nitrogens with one attached hydrogen (secondary N) is 1. The summed E-state index contributed by atoms with van der Waals surface area (Å²) in [6.45, 7) is -0.130. The number of amides is 1. The average Bonchev–Trinajstić information content (AvgIpc) is 3.16. The van der Waals surface area contributed by atoms with E-state index in [9.17, 15) is 24.1 Å². The molecule has 2 rings (SSSR count). The van der Waals surface area contributed by atoms with Gasteiger partial charge < -0.3 is 10.4 Å². The molecule has 0 bridgehead atoms. The van der Waals surface area contributed by atoms with Crippen molar-refractivity contribution in [2.75, 3.05) is 6.54 Å². The Balaban J connectivity index is 2.15. The third-order valence-electron chi connectivity index (χ3n) is 3.29. The SMILES string of the molecule is O=C(NCC1(C(=O)O)CC1)c1cc(F)ccc1[N+](=O)[O-]. The van der Waals surface area contributed by atoms with Crippen LogP contribution in [0.15, 0.2) is 18.2 Å². The number of aliphatic carboxylic acids is 1. The number of carboxylic acids is 1. The van der Waals surface area contributed by atoms with Crippen LogP contribution in [0, 0.1) is 21.3 Å². The molecular formula is C12H11FN2O5. The molecule has 8 heteroatoms. The van der Waals surface area contributed by atoms with Gasteiger partial charge in [0, 0.05) is 12.6 Å². The topological polar surface area (TPSA) is 110 Å². The maximum absolute atomic E-state index is 13.1. The fraction of sp³-hybridized carbons (Fsp3) is 0.333. The molecular weight excluding hydrogens is 271 g/mol. The first-order valence-corrected chi connectivity index (χ1v) is 5.81. The summed E-state index contributed by atoms with van der Waals surface area (Å²) in [5, 5.41) is 22.0. The van der Waals surface area contributed by atoms with E-state index in [0.717, 1.165) is 18.2 Å². The van der Waals surface area contributed by atoms with Crippen molar-refractivity contribution in [2.45, 2.75) is 12.8 Å². The molecule has 7 nitrogen and oxygen atoms in total. The fourth-order valence-corrected chi connectivity index (χ4v) is 1.81. The summed E-state index contributed by atoms with van der Waals surface area (Å²) in [6.07, 6.45) is 0.877. The Hall–Kier alpha value is -2.51. The normalized spacial score (nSPS) is 15.4. The summed E-state index contributed by atoms with van der Waals surface area (Å²) in [6, 6.07) is 2.54. The van der Waals surface area contributed by atoms with Crippen LogP contribution in [0.5, 0.6) is 0 Å². The minimum atomic E-state index is -1.02. The second-order valence-corrected chi connectivity index (χ2v) is 4.69.